The summed E-state index contributed by atoms with van der Waals surface area (Å²) in [5.74, 6) is 0. The number of pyridine rings is 1. The number of likely N-dealkylation sites (tertiary alicyclic amines) is 1. The van der Waals surface area contributed by atoms with E-state index < -0.39 is 0 Å². The van der Waals surface area contributed by atoms with E-state index in [9.17, 15) is 0 Å². The number of nitrogens with zero attached hydrogens (tertiary/aromatic N) is 2. The van der Waals surface area contributed by atoms with E-state index >= 15 is 0 Å². The largest absolute Gasteiger partial charge is 0.372 e. The first-order valence-corrected chi connectivity index (χ1v) is 9.95. The third kappa shape index (κ3) is 4.29. The van der Waals surface area contributed by atoms with Crippen molar-refractivity contribution in [2.75, 3.05) is 19.7 Å². The van der Waals surface area contributed by atoms with Gasteiger partial charge in [-0.3, -0.25) is 9.88 Å². The van der Waals surface area contributed by atoms with Crippen molar-refractivity contribution in [3.8, 4) is 0 Å². The third-order valence-electron chi connectivity index (χ3n) is 5.33. The molecule has 0 aliphatic carbocycles. The van der Waals surface area contributed by atoms with E-state index in [2.05, 4.69) is 35.0 Å². The van der Waals surface area contributed by atoms with Gasteiger partial charge in [-0.25, -0.2) is 0 Å². The van der Waals surface area contributed by atoms with Gasteiger partial charge >= 0.3 is 0 Å². The summed E-state index contributed by atoms with van der Waals surface area (Å²) in [5, 5.41) is 0. The highest BCUT2D eigenvalue weighted by Crippen LogP contribution is 2.37. The highest BCUT2D eigenvalue weighted by atomic mass is 32.1. The van der Waals surface area contributed by atoms with Crippen molar-refractivity contribution >= 4 is 11.3 Å². The molecular formula is C20H26N2O2S. The van der Waals surface area contributed by atoms with E-state index in [0.717, 1.165) is 51.1 Å². The number of piperidine rings is 1. The van der Waals surface area contributed by atoms with Crippen molar-refractivity contribution in [3.05, 3.63) is 52.0 Å². The predicted molar refractivity (Wildman–Crippen MR) is 99.7 cm³/mol. The molecule has 2 fully saturated rings. The number of hydrogen-bond donors (Lipinski definition) is 0. The quantitative estimate of drug-likeness (QED) is 0.814. The van der Waals surface area contributed by atoms with Crippen LogP contribution in [0.15, 0.2) is 36.7 Å². The first-order valence-electron chi connectivity index (χ1n) is 9.13. The Morgan fingerprint density at radius 2 is 2.20 bits per heavy atom. The summed E-state index contributed by atoms with van der Waals surface area (Å²) in [6.07, 6.45) is 7.14. The molecule has 0 saturated carbocycles. The summed E-state index contributed by atoms with van der Waals surface area (Å²) >= 11 is 1.91. The van der Waals surface area contributed by atoms with Crippen LogP contribution in [0.4, 0.5) is 0 Å². The number of hydrogen-bond acceptors (Lipinski definition) is 5. The molecule has 2 saturated heterocycles. The Hall–Kier alpha value is -1.27. The zero-order valence-corrected chi connectivity index (χ0v) is 15.6. The maximum absolute atomic E-state index is 6.22. The SMILES string of the molecule is Cc1ccc(CN2CCC3(CC2)CC(OCc2cccnc2)CO3)s1. The number of thiophene rings is 1. The molecule has 2 aliphatic heterocycles. The lowest BCUT2D eigenvalue weighted by Crippen LogP contribution is -2.43. The number of aryl methyl sites for hydroxylation is 1. The fourth-order valence-electron chi connectivity index (χ4n) is 3.86. The van der Waals surface area contributed by atoms with Gasteiger partial charge in [0.2, 0.25) is 0 Å². The molecule has 2 aromatic rings. The smallest absolute Gasteiger partial charge is 0.0840 e. The molecule has 0 N–H and O–H groups in total. The standard InChI is InChI=1S/C20H26N2O2S/c1-16-4-5-19(25-16)13-22-9-6-20(7-10-22)11-18(15-24-20)23-14-17-3-2-8-21-12-17/h2-5,8,12,18H,6-7,9-11,13-15H2,1H3. The van der Waals surface area contributed by atoms with Gasteiger partial charge in [0.25, 0.3) is 0 Å². The highest BCUT2D eigenvalue weighted by molar-refractivity contribution is 7.11. The molecule has 0 radical (unpaired) electrons. The molecule has 4 heterocycles. The van der Waals surface area contributed by atoms with Crippen LogP contribution in [-0.2, 0) is 22.6 Å². The summed E-state index contributed by atoms with van der Waals surface area (Å²) < 4.78 is 12.3. The average Bonchev–Trinajstić information content (AvgIpc) is 3.23. The summed E-state index contributed by atoms with van der Waals surface area (Å²) in [5.41, 5.74) is 1.17. The number of rotatable bonds is 5. The van der Waals surface area contributed by atoms with Crippen LogP contribution in [0, 0.1) is 6.92 Å². The van der Waals surface area contributed by atoms with Crippen molar-refractivity contribution < 1.29 is 9.47 Å². The van der Waals surface area contributed by atoms with Gasteiger partial charge in [-0.2, -0.15) is 0 Å². The molecule has 5 heteroatoms. The van der Waals surface area contributed by atoms with E-state index in [1.807, 2.05) is 23.6 Å². The van der Waals surface area contributed by atoms with E-state index in [-0.39, 0.29) is 11.7 Å². The Balaban J connectivity index is 1.24. The molecule has 4 rings (SSSR count). The van der Waals surface area contributed by atoms with Crippen LogP contribution in [0.25, 0.3) is 0 Å². The lowest BCUT2D eigenvalue weighted by Gasteiger charge is -2.38. The van der Waals surface area contributed by atoms with Crippen LogP contribution in [0.1, 0.15) is 34.6 Å². The van der Waals surface area contributed by atoms with Gasteiger partial charge in [0, 0.05) is 48.2 Å². The molecule has 134 valence electrons. The maximum atomic E-state index is 6.22. The van der Waals surface area contributed by atoms with Crippen LogP contribution < -0.4 is 0 Å². The van der Waals surface area contributed by atoms with Crippen LogP contribution in [0.3, 0.4) is 0 Å². The predicted octanol–water partition coefficient (Wildman–Crippen LogP) is 3.79. The van der Waals surface area contributed by atoms with E-state index in [0.29, 0.717) is 6.61 Å². The van der Waals surface area contributed by atoms with Gasteiger partial charge in [-0.1, -0.05) is 6.07 Å². The zero-order chi connectivity index (χ0) is 17.1. The zero-order valence-electron chi connectivity index (χ0n) is 14.8. The first kappa shape index (κ1) is 17.2. The topological polar surface area (TPSA) is 34.6 Å². The molecule has 1 spiro atoms. The monoisotopic (exact) mass is 358 g/mol. The fourth-order valence-corrected chi connectivity index (χ4v) is 4.80. The Labute approximate surface area is 153 Å². The first-order chi connectivity index (χ1) is 12.2. The Bertz CT molecular complexity index is 680. The van der Waals surface area contributed by atoms with Crippen LogP contribution >= 0.6 is 11.3 Å². The Morgan fingerprint density at radius 1 is 1.32 bits per heavy atom. The van der Waals surface area contributed by atoms with Gasteiger partial charge in [-0.05, 0) is 43.5 Å². The van der Waals surface area contributed by atoms with E-state index in [4.69, 9.17) is 9.47 Å². The summed E-state index contributed by atoms with van der Waals surface area (Å²) in [7, 11) is 0. The second-order valence-corrected chi connectivity index (χ2v) is 8.65. The molecule has 0 aromatic carbocycles. The molecular weight excluding hydrogens is 332 g/mol. The lowest BCUT2D eigenvalue weighted by molar-refractivity contribution is -0.0467. The highest BCUT2D eigenvalue weighted by Gasteiger charge is 2.43. The molecule has 2 aliphatic rings. The van der Waals surface area contributed by atoms with Crippen LogP contribution in [-0.4, -0.2) is 41.3 Å². The van der Waals surface area contributed by atoms with Crippen molar-refractivity contribution in [1.29, 1.82) is 0 Å². The average molecular weight is 359 g/mol. The molecule has 0 bridgehead atoms. The molecule has 2 aromatic heterocycles. The molecule has 4 nitrogen and oxygen atoms in total. The van der Waals surface area contributed by atoms with E-state index in [1.54, 1.807) is 6.20 Å². The van der Waals surface area contributed by atoms with Crippen molar-refractivity contribution in [1.82, 2.24) is 9.88 Å². The van der Waals surface area contributed by atoms with Crippen molar-refractivity contribution in [2.45, 2.75) is 51.0 Å². The number of aromatic nitrogens is 1. The maximum Gasteiger partial charge on any atom is 0.0840 e. The second-order valence-electron chi connectivity index (χ2n) is 7.28. The molecule has 25 heavy (non-hydrogen) atoms. The van der Waals surface area contributed by atoms with Gasteiger partial charge in [0.05, 0.1) is 24.9 Å². The summed E-state index contributed by atoms with van der Waals surface area (Å²) in [4.78, 5) is 9.57. The minimum absolute atomic E-state index is 0.0431. The Morgan fingerprint density at radius 3 is 2.92 bits per heavy atom. The Kier molecular flexibility index (Phi) is 5.17. The lowest BCUT2D eigenvalue weighted by atomic mass is 9.88. The molecule has 0 amide bonds. The van der Waals surface area contributed by atoms with Gasteiger partial charge < -0.3 is 9.47 Å². The van der Waals surface area contributed by atoms with Gasteiger partial charge in [-0.15, -0.1) is 11.3 Å². The minimum Gasteiger partial charge on any atom is -0.372 e. The normalized spacial score (nSPS) is 23.3. The fraction of sp³-hybridized carbons (Fsp3) is 0.550. The van der Waals surface area contributed by atoms with Gasteiger partial charge in [0.15, 0.2) is 0 Å². The van der Waals surface area contributed by atoms with Gasteiger partial charge in [0.1, 0.15) is 0 Å². The van der Waals surface area contributed by atoms with Crippen molar-refractivity contribution in [2.24, 2.45) is 0 Å². The van der Waals surface area contributed by atoms with Crippen LogP contribution in [0.2, 0.25) is 0 Å². The third-order valence-corrected chi connectivity index (χ3v) is 6.31. The summed E-state index contributed by atoms with van der Waals surface area (Å²) in [6.45, 7) is 6.84. The van der Waals surface area contributed by atoms with Crippen molar-refractivity contribution in [3.63, 3.8) is 0 Å². The second kappa shape index (κ2) is 7.54. The minimum atomic E-state index is 0.0431. The summed E-state index contributed by atoms with van der Waals surface area (Å²) in [6, 6.07) is 8.49. The molecule has 1 unspecified atom stereocenters. The van der Waals surface area contributed by atoms with E-state index in [1.165, 1.54) is 9.75 Å². The van der Waals surface area contributed by atoms with Crippen LogP contribution in [0.5, 0.6) is 0 Å². The molecule has 1 atom stereocenters. The number of ether oxygens (including phenoxy) is 2.